The zero-order valence-electron chi connectivity index (χ0n) is 11.4. The minimum absolute atomic E-state index is 0.0419. The standard InChI is InChI=1S/C17H14ClNO2/c18-13-8-6-12(7-9-13)17-15-5-2-1-4-14(15)16(20)19(17)10-3-11-21-17/h1-2,4-9H,3,10-11H2. The highest BCUT2D eigenvalue weighted by Gasteiger charge is 2.53. The van der Waals surface area contributed by atoms with E-state index in [0.717, 1.165) is 23.1 Å². The van der Waals surface area contributed by atoms with Crippen molar-refractivity contribution in [2.75, 3.05) is 13.2 Å². The van der Waals surface area contributed by atoms with Gasteiger partial charge in [0.15, 0.2) is 5.72 Å². The van der Waals surface area contributed by atoms with Crippen molar-refractivity contribution in [2.24, 2.45) is 0 Å². The van der Waals surface area contributed by atoms with Gasteiger partial charge in [-0.25, -0.2) is 0 Å². The number of nitrogens with zero attached hydrogens (tertiary/aromatic N) is 1. The van der Waals surface area contributed by atoms with Crippen LogP contribution >= 0.6 is 11.6 Å². The smallest absolute Gasteiger partial charge is 0.257 e. The Morgan fingerprint density at radius 3 is 2.67 bits per heavy atom. The summed E-state index contributed by atoms with van der Waals surface area (Å²) in [5, 5.41) is 0.676. The number of amides is 1. The Morgan fingerprint density at radius 2 is 1.86 bits per heavy atom. The van der Waals surface area contributed by atoms with Crippen molar-refractivity contribution in [1.29, 1.82) is 0 Å². The first-order valence-corrected chi connectivity index (χ1v) is 7.43. The van der Waals surface area contributed by atoms with Crippen LogP contribution in [0.15, 0.2) is 48.5 Å². The molecule has 2 aliphatic rings. The van der Waals surface area contributed by atoms with Gasteiger partial charge in [0.05, 0.1) is 6.61 Å². The van der Waals surface area contributed by atoms with Gasteiger partial charge in [0, 0.05) is 28.3 Å². The molecule has 0 bridgehead atoms. The van der Waals surface area contributed by atoms with Crippen LogP contribution in [0.5, 0.6) is 0 Å². The van der Waals surface area contributed by atoms with Crippen LogP contribution in [-0.4, -0.2) is 24.0 Å². The molecule has 2 aromatic rings. The Hall–Kier alpha value is -1.84. The molecule has 0 aromatic heterocycles. The molecule has 1 amide bonds. The van der Waals surface area contributed by atoms with Crippen LogP contribution in [0, 0.1) is 0 Å². The molecule has 1 unspecified atom stereocenters. The van der Waals surface area contributed by atoms with E-state index in [9.17, 15) is 4.79 Å². The molecule has 3 nitrogen and oxygen atoms in total. The highest BCUT2D eigenvalue weighted by molar-refractivity contribution is 6.30. The van der Waals surface area contributed by atoms with E-state index in [-0.39, 0.29) is 5.91 Å². The van der Waals surface area contributed by atoms with Crippen molar-refractivity contribution in [2.45, 2.75) is 12.1 Å². The molecule has 4 heteroatoms. The van der Waals surface area contributed by atoms with E-state index in [1.807, 2.05) is 53.4 Å². The van der Waals surface area contributed by atoms with Crippen LogP contribution in [0.1, 0.15) is 27.9 Å². The molecular weight excluding hydrogens is 286 g/mol. The fourth-order valence-corrected chi connectivity index (χ4v) is 3.45. The summed E-state index contributed by atoms with van der Waals surface area (Å²) in [4.78, 5) is 14.5. The Labute approximate surface area is 128 Å². The lowest BCUT2D eigenvalue weighted by Gasteiger charge is -2.42. The van der Waals surface area contributed by atoms with Crippen molar-refractivity contribution >= 4 is 17.5 Å². The molecule has 4 rings (SSSR count). The number of carbonyl (C=O) groups excluding carboxylic acids is 1. The van der Waals surface area contributed by atoms with Gasteiger partial charge in [0.25, 0.3) is 5.91 Å². The molecule has 2 aliphatic heterocycles. The zero-order valence-corrected chi connectivity index (χ0v) is 12.1. The number of rotatable bonds is 1. The first-order valence-electron chi connectivity index (χ1n) is 7.05. The van der Waals surface area contributed by atoms with Crippen molar-refractivity contribution < 1.29 is 9.53 Å². The molecular formula is C17H14ClNO2. The molecule has 0 spiro atoms. The van der Waals surface area contributed by atoms with E-state index in [1.165, 1.54) is 0 Å². The Morgan fingerprint density at radius 1 is 1.10 bits per heavy atom. The summed E-state index contributed by atoms with van der Waals surface area (Å²) in [5.41, 5.74) is 1.81. The summed E-state index contributed by atoms with van der Waals surface area (Å²) in [7, 11) is 0. The Bertz CT molecular complexity index is 713. The molecule has 106 valence electrons. The summed E-state index contributed by atoms with van der Waals surface area (Å²) in [6, 6.07) is 15.3. The van der Waals surface area contributed by atoms with Crippen molar-refractivity contribution in [3.8, 4) is 0 Å². The van der Waals surface area contributed by atoms with Crippen LogP contribution < -0.4 is 0 Å². The van der Waals surface area contributed by atoms with Gasteiger partial charge in [0.1, 0.15) is 0 Å². The predicted octanol–water partition coefficient (Wildman–Crippen LogP) is 3.42. The van der Waals surface area contributed by atoms with E-state index >= 15 is 0 Å². The average Bonchev–Trinajstić information content (AvgIpc) is 2.80. The molecule has 21 heavy (non-hydrogen) atoms. The van der Waals surface area contributed by atoms with Gasteiger partial charge in [0.2, 0.25) is 0 Å². The summed E-state index contributed by atoms with van der Waals surface area (Å²) in [5.74, 6) is 0.0419. The number of hydrogen-bond donors (Lipinski definition) is 0. The minimum atomic E-state index is -0.795. The Balaban J connectivity index is 1.98. The van der Waals surface area contributed by atoms with Gasteiger partial charge < -0.3 is 9.64 Å². The third kappa shape index (κ3) is 1.68. The third-order valence-corrected chi connectivity index (χ3v) is 4.47. The minimum Gasteiger partial charge on any atom is -0.347 e. The van der Waals surface area contributed by atoms with E-state index < -0.39 is 5.72 Å². The monoisotopic (exact) mass is 299 g/mol. The van der Waals surface area contributed by atoms with Gasteiger partial charge in [-0.05, 0) is 24.6 Å². The molecule has 0 saturated carbocycles. The SMILES string of the molecule is O=C1c2ccccc2C2(c3ccc(Cl)cc3)OCCCN12. The third-order valence-electron chi connectivity index (χ3n) is 4.22. The lowest BCUT2D eigenvalue weighted by atomic mass is 9.92. The molecule has 1 atom stereocenters. The number of ether oxygens (including phenoxy) is 1. The molecule has 0 aliphatic carbocycles. The maximum absolute atomic E-state index is 12.7. The highest BCUT2D eigenvalue weighted by atomic mass is 35.5. The van der Waals surface area contributed by atoms with Crippen molar-refractivity contribution in [3.63, 3.8) is 0 Å². The van der Waals surface area contributed by atoms with E-state index in [0.29, 0.717) is 18.2 Å². The van der Waals surface area contributed by atoms with Gasteiger partial charge in [-0.2, -0.15) is 0 Å². The van der Waals surface area contributed by atoms with Gasteiger partial charge in [-0.15, -0.1) is 0 Å². The molecule has 0 radical (unpaired) electrons. The maximum atomic E-state index is 12.7. The van der Waals surface area contributed by atoms with Crippen LogP contribution in [0.25, 0.3) is 0 Å². The molecule has 1 saturated heterocycles. The quantitative estimate of drug-likeness (QED) is 0.807. The van der Waals surface area contributed by atoms with Crippen LogP contribution in [-0.2, 0) is 10.5 Å². The number of fused-ring (bicyclic) bond motifs is 3. The van der Waals surface area contributed by atoms with Gasteiger partial charge >= 0.3 is 0 Å². The number of hydrogen-bond acceptors (Lipinski definition) is 2. The summed E-state index contributed by atoms with van der Waals surface area (Å²) < 4.78 is 6.17. The lowest BCUT2D eigenvalue weighted by molar-refractivity contribution is -0.137. The second kappa shape index (κ2) is 4.58. The van der Waals surface area contributed by atoms with Crippen LogP contribution in [0.2, 0.25) is 5.02 Å². The summed E-state index contributed by atoms with van der Waals surface area (Å²) in [6.45, 7) is 1.34. The topological polar surface area (TPSA) is 29.5 Å². The first kappa shape index (κ1) is 12.9. The second-order valence-corrected chi connectivity index (χ2v) is 5.79. The van der Waals surface area contributed by atoms with Gasteiger partial charge in [-0.1, -0.05) is 41.9 Å². The molecule has 0 N–H and O–H groups in total. The first-order chi connectivity index (χ1) is 10.2. The normalized spacial score (nSPS) is 23.9. The molecule has 2 heterocycles. The predicted molar refractivity (Wildman–Crippen MR) is 80.3 cm³/mol. The zero-order chi connectivity index (χ0) is 14.4. The number of benzene rings is 2. The highest BCUT2D eigenvalue weighted by Crippen LogP contribution is 2.47. The van der Waals surface area contributed by atoms with Crippen LogP contribution in [0.3, 0.4) is 0 Å². The summed E-state index contributed by atoms with van der Waals surface area (Å²) >= 11 is 6.00. The fourth-order valence-electron chi connectivity index (χ4n) is 3.33. The van der Waals surface area contributed by atoms with Crippen molar-refractivity contribution in [1.82, 2.24) is 4.90 Å². The maximum Gasteiger partial charge on any atom is 0.257 e. The average molecular weight is 300 g/mol. The summed E-state index contributed by atoms with van der Waals surface area (Å²) in [6.07, 6.45) is 0.856. The second-order valence-electron chi connectivity index (χ2n) is 5.36. The van der Waals surface area contributed by atoms with Crippen LogP contribution in [0.4, 0.5) is 0 Å². The largest absolute Gasteiger partial charge is 0.347 e. The number of carbonyl (C=O) groups is 1. The van der Waals surface area contributed by atoms with Crippen molar-refractivity contribution in [3.05, 3.63) is 70.2 Å². The molecule has 1 fully saturated rings. The van der Waals surface area contributed by atoms with E-state index in [1.54, 1.807) is 0 Å². The van der Waals surface area contributed by atoms with Gasteiger partial charge in [-0.3, -0.25) is 4.79 Å². The fraction of sp³-hybridized carbons (Fsp3) is 0.235. The number of halogens is 1. The Kier molecular flexibility index (Phi) is 2.81. The van der Waals surface area contributed by atoms with E-state index in [2.05, 4.69) is 0 Å². The lowest BCUT2D eigenvalue weighted by Crippen LogP contribution is -2.50. The van der Waals surface area contributed by atoms with E-state index in [4.69, 9.17) is 16.3 Å². The molecule has 2 aromatic carbocycles.